The van der Waals surface area contributed by atoms with Gasteiger partial charge in [-0.3, -0.25) is 9.10 Å². The second-order valence-corrected chi connectivity index (χ2v) is 9.42. The minimum Gasteiger partial charge on any atom is -0.341 e. The number of likely N-dealkylation sites (N-methyl/N-ethyl adjacent to an activating group) is 1. The van der Waals surface area contributed by atoms with Crippen molar-refractivity contribution in [3.63, 3.8) is 0 Å². The van der Waals surface area contributed by atoms with E-state index < -0.39 is 10.0 Å². The molecule has 0 saturated heterocycles. The zero-order valence-corrected chi connectivity index (χ0v) is 17.6. The Morgan fingerprint density at radius 1 is 1.04 bits per heavy atom. The highest BCUT2D eigenvalue weighted by Crippen LogP contribution is 2.29. The molecule has 28 heavy (non-hydrogen) atoms. The molecule has 1 aliphatic rings. The molecule has 6 heteroatoms. The summed E-state index contributed by atoms with van der Waals surface area (Å²) in [6.45, 7) is 3.59. The van der Waals surface area contributed by atoms with E-state index in [1.54, 1.807) is 42.3 Å². The van der Waals surface area contributed by atoms with Crippen molar-refractivity contribution in [2.75, 3.05) is 17.9 Å². The summed E-state index contributed by atoms with van der Waals surface area (Å²) < 4.78 is 28.1. The second-order valence-electron chi connectivity index (χ2n) is 7.56. The minimum atomic E-state index is -3.86. The predicted octanol–water partition coefficient (Wildman–Crippen LogP) is 3.90. The Labute approximate surface area is 168 Å². The number of amides is 1. The van der Waals surface area contributed by atoms with E-state index in [4.69, 9.17) is 0 Å². The fourth-order valence-electron chi connectivity index (χ4n) is 3.74. The molecule has 1 saturated carbocycles. The minimum absolute atomic E-state index is 0.174. The lowest BCUT2D eigenvalue weighted by molar-refractivity contribution is -0.130. The predicted molar refractivity (Wildman–Crippen MR) is 112 cm³/mol. The van der Waals surface area contributed by atoms with Crippen LogP contribution >= 0.6 is 0 Å². The molecule has 1 fully saturated rings. The van der Waals surface area contributed by atoms with Crippen LogP contribution in [0.25, 0.3) is 0 Å². The Morgan fingerprint density at radius 3 is 2.32 bits per heavy atom. The molecular weight excluding hydrogens is 372 g/mol. The van der Waals surface area contributed by atoms with Gasteiger partial charge in [-0.15, -0.1) is 0 Å². The molecule has 150 valence electrons. The maximum atomic E-state index is 13.4. The number of rotatable bonds is 6. The van der Waals surface area contributed by atoms with Gasteiger partial charge in [-0.25, -0.2) is 8.42 Å². The molecule has 0 N–H and O–H groups in total. The first-order valence-electron chi connectivity index (χ1n) is 9.71. The van der Waals surface area contributed by atoms with Crippen LogP contribution in [-0.4, -0.2) is 38.9 Å². The van der Waals surface area contributed by atoms with Crippen LogP contribution in [0.5, 0.6) is 0 Å². The first kappa shape index (κ1) is 20.4. The molecule has 1 amide bonds. The third-order valence-corrected chi connectivity index (χ3v) is 7.28. The van der Waals surface area contributed by atoms with E-state index in [2.05, 4.69) is 0 Å². The summed E-state index contributed by atoms with van der Waals surface area (Å²) in [5.74, 6) is -0.174. The molecule has 0 unspecified atom stereocenters. The highest BCUT2D eigenvalue weighted by molar-refractivity contribution is 7.92. The molecule has 2 aromatic carbocycles. The van der Waals surface area contributed by atoms with Crippen molar-refractivity contribution in [3.8, 4) is 0 Å². The van der Waals surface area contributed by atoms with E-state index in [1.807, 2.05) is 32.0 Å². The van der Waals surface area contributed by atoms with Crippen LogP contribution in [0, 0.1) is 13.8 Å². The van der Waals surface area contributed by atoms with Gasteiger partial charge in [0, 0.05) is 13.1 Å². The van der Waals surface area contributed by atoms with Gasteiger partial charge in [0.2, 0.25) is 5.91 Å². The highest BCUT2D eigenvalue weighted by atomic mass is 32.2. The van der Waals surface area contributed by atoms with Crippen LogP contribution < -0.4 is 4.31 Å². The summed E-state index contributed by atoms with van der Waals surface area (Å²) in [5.41, 5.74) is 2.32. The van der Waals surface area contributed by atoms with Gasteiger partial charge in [-0.2, -0.15) is 0 Å². The average Bonchev–Trinajstić information content (AvgIpc) is 3.22. The van der Waals surface area contributed by atoms with Crippen LogP contribution in [-0.2, 0) is 14.8 Å². The van der Waals surface area contributed by atoms with Gasteiger partial charge in [-0.1, -0.05) is 43.2 Å². The van der Waals surface area contributed by atoms with Gasteiger partial charge >= 0.3 is 0 Å². The zero-order valence-electron chi connectivity index (χ0n) is 16.8. The fraction of sp³-hybridized carbons (Fsp3) is 0.409. The summed E-state index contributed by atoms with van der Waals surface area (Å²) >= 11 is 0. The quantitative estimate of drug-likeness (QED) is 0.739. The Balaban J connectivity index is 1.99. The van der Waals surface area contributed by atoms with E-state index in [-0.39, 0.29) is 23.4 Å². The number of carbonyl (C=O) groups excluding carboxylic acids is 1. The molecule has 0 radical (unpaired) electrons. The van der Waals surface area contributed by atoms with Gasteiger partial charge < -0.3 is 4.90 Å². The molecule has 1 aliphatic carbocycles. The molecule has 0 aromatic heterocycles. The van der Waals surface area contributed by atoms with Gasteiger partial charge in [0.15, 0.2) is 0 Å². The summed E-state index contributed by atoms with van der Waals surface area (Å²) in [6.07, 6.45) is 4.20. The second kappa shape index (κ2) is 8.35. The maximum absolute atomic E-state index is 13.4. The summed E-state index contributed by atoms with van der Waals surface area (Å²) in [5, 5.41) is 0. The van der Waals surface area contributed by atoms with Crippen molar-refractivity contribution >= 4 is 21.6 Å². The van der Waals surface area contributed by atoms with Crippen molar-refractivity contribution in [2.45, 2.75) is 50.5 Å². The third-order valence-electron chi connectivity index (χ3n) is 5.51. The van der Waals surface area contributed by atoms with Crippen LogP contribution in [0.2, 0.25) is 0 Å². The monoisotopic (exact) mass is 400 g/mol. The largest absolute Gasteiger partial charge is 0.341 e. The third kappa shape index (κ3) is 4.22. The summed E-state index contributed by atoms with van der Waals surface area (Å²) in [6, 6.07) is 14.2. The van der Waals surface area contributed by atoms with E-state index in [9.17, 15) is 13.2 Å². The molecule has 0 aliphatic heterocycles. The van der Waals surface area contributed by atoms with Gasteiger partial charge in [-0.05, 0) is 56.0 Å². The van der Waals surface area contributed by atoms with Crippen LogP contribution in [0.4, 0.5) is 5.69 Å². The molecule has 0 spiro atoms. The van der Waals surface area contributed by atoms with Crippen LogP contribution in [0.15, 0.2) is 53.4 Å². The van der Waals surface area contributed by atoms with Crippen molar-refractivity contribution in [1.82, 2.24) is 4.90 Å². The van der Waals surface area contributed by atoms with Crippen LogP contribution in [0.1, 0.15) is 36.8 Å². The zero-order chi connectivity index (χ0) is 20.3. The molecule has 0 bridgehead atoms. The molecule has 0 heterocycles. The molecular formula is C22H28N2O3S. The van der Waals surface area contributed by atoms with Crippen molar-refractivity contribution in [1.29, 1.82) is 0 Å². The Hall–Kier alpha value is -2.34. The van der Waals surface area contributed by atoms with Crippen molar-refractivity contribution < 1.29 is 13.2 Å². The Bertz CT molecular complexity index is 936. The number of carbonyl (C=O) groups is 1. The van der Waals surface area contributed by atoms with Crippen molar-refractivity contribution in [2.24, 2.45) is 0 Å². The first-order chi connectivity index (χ1) is 13.3. The molecule has 5 nitrogen and oxygen atoms in total. The summed E-state index contributed by atoms with van der Waals surface area (Å²) in [4.78, 5) is 14.9. The molecule has 3 rings (SSSR count). The van der Waals surface area contributed by atoms with Gasteiger partial charge in [0.1, 0.15) is 6.54 Å². The highest BCUT2D eigenvalue weighted by Gasteiger charge is 2.31. The maximum Gasteiger partial charge on any atom is 0.264 e. The van der Waals surface area contributed by atoms with E-state index in [0.717, 1.165) is 36.8 Å². The van der Waals surface area contributed by atoms with E-state index in [1.165, 1.54) is 4.31 Å². The van der Waals surface area contributed by atoms with E-state index >= 15 is 0 Å². The number of hydrogen-bond acceptors (Lipinski definition) is 3. The number of anilines is 1. The lowest BCUT2D eigenvalue weighted by Gasteiger charge is -2.30. The lowest BCUT2D eigenvalue weighted by Crippen LogP contribution is -2.44. The van der Waals surface area contributed by atoms with E-state index in [0.29, 0.717) is 5.69 Å². The van der Waals surface area contributed by atoms with Crippen molar-refractivity contribution in [3.05, 3.63) is 59.7 Å². The average molecular weight is 401 g/mol. The molecule has 0 atom stereocenters. The number of hydrogen-bond donors (Lipinski definition) is 0. The topological polar surface area (TPSA) is 57.7 Å². The van der Waals surface area contributed by atoms with Gasteiger partial charge in [0.25, 0.3) is 10.0 Å². The smallest absolute Gasteiger partial charge is 0.264 e. The first-order valence-corrected chi connectivity index (χ1v) is 11.2. The summed E-state index contributed by atoms with van der Waals surface area (Å²) in [7, 11) is -2.07. The number of nitrogens with zero attached hydrogens (tertiary/aromatic N) is 2. The SMILES string of the molecule is Cc1ccc(C)c(N(CC(=O)N(C)C2CCCC2)S(=O)(=O)c2ccccc2)c1. The normalized spacial score (nSPS) is 14.8. The fourth-order valence-corrected chi connectivity index (χ4v) is 5.23. The Kier molecular flexibility index (Phi) is 6.08. The molecule has 2 aromatic rings. The standard InChI is InChI=1S/C22H28N2O3S/c1-17-13-14-18(2)21(15-17)24(28(26,27)20-11-5-4-6-12-20)16-22(25)23(3)19-9-7-8-10-19/h4-6,11-15,19H,7-10,16H2,1-3H3. The Morgan fingerprint density at radius 2 is 1.68 bits per heavy atom. The van der Waals surface area contributed by atoms with Crippen LogP contribution in [0.3, 0.4) is 0 Å². The number of aryl methyl sites for hydroxylation is 2. The number of sulfonamides is 1. The lowest BCUT2D eigenvalue weighted by atomic mass is 10.1. The van der Waals surface area contributed by atoms with Gasteiger partial charge in [0.05, 0.1) is 10.6 Å². The number of benzene rings is 2.